The van der Waals surface area contributed by atoms with E-state index >= 15 is 0 Å². The number of hydrogen-bond donors (Lipinski definition) is 0. The maximum Gasteiger partial charge on any atom is -0.00164 e. The van der Waals surface area contributed by atoms with Crippen molar-refractivity contribution in [3.63, 3.8) is 0 Å². The lowest BCUT2D eigenvalue weighted by atomic mass is 10.6. The van der Waals surface area contributed by atoms with Crippen LogP contribution in [-0.2, 0) is 6.42 Å². The maximum absolute atomic E-state index is 2.27. The Kier molecular flexibility index (Phi) is 0.558. The summed E-state index contributed by atoms with van der Waals surface area (Å²) in [6.45, 7) is 0. The topological polar surface area (TPSA) is 0 Å². The van der Waals surface area contributed by atoms with Gasteiger partial charge in [0.2, 0.25) is 0 Å². The first kappa shape index (κ1) is 3.63. The molecular weight excluding hydrogens is 103 g/mol. The molecule has 1 aliphatic carbocycles. The van der Waals surface area contributed by atoms with Crippen LogP contribution in [0.5, 0.6) is 0 Å². The first-order chi connectivity index (χ1) is 3.47. The van der Waals surface area contributed by atoms with Crippen molar-refractivity contribution in [3.05, 3.63) is 28.8 Å². The fourth-order valence-corrected chi connectivity index (χ4v) is 1.51. The summed E-state index contributed by atoms with van der Waals surface area (Å²) in [5, 5.41) is 0. The fourth-order valence-electron chi connectivity index (χ4n) is 0.722. The minimum Gasteiger partial charge on any atom is -0.0762 e. The molecule has 1 heterocycles. The Morgan fingerprint density at radius 3 is 3.00 bits per heavy atom. The van der Waals surface area contributed by atoms with E-state index in [1.54, 1.807) is 11.1 Å². The lowest BCUT2D eigenvalue weighted by molar-refractivity contribution is 1.61. The molecule has 0 spiro atoms. The lowest BCUT2D eigenvalue weighted by Gasteiger charge is -1.68. The van der Waals surface area contributed by atoms with Crippen LogP contribution in [0, 0.1) is 0 Å². The average Bonchev–Trinajstić information content (AvgIpc) is 2.41. The highest BCUT2D eigenvalue weighted by molar-refractivity contribution is 7.28. The predicted octanol–water partition coefficient (Wildman–Crippen LogP) is 2.17. The molecule has 1 aromatic rings. The van der Waals surface area contributed by atoms with Gasteiger partial charge in [-0.2, -0.15) is 0 Å². The van der Waals surface area contributed by atoms with Crippen molar-refractivity contribution in [2.75, 3.05) is 0 Å². The minimum atomic E-state index is 1.27. The van der Waals surface area contributed by atoms with E-state index in [2.05, 4.69) is 17.7 Å². The van der Waals surface area contributed by atoms with Gasteiger partial charge in [-0.3, -0.25) is 0 Å². The highest BCUT2D eigenvalue weighted by atomic mass is 31.0. The van der Waals surface area contributed by atoms with Crippen molar-refractivity contribution in [1.29, 1.82) is 0 Å². The van der Waals surface area contributed by atoms with Crippen LogP contribution in [0.2, 0.25) is 0 Å². The maximum atomic E-state index is 2.27. The van der Waals surface area contributed by atoms with Crippen molar-refractivity contribution >= 4 is 8.19 Å². The van der Waals surface area contributed by atoms with Gasteiger partial charge >= 0.3 is 0 Å². The lowest BCUT2D eigenvalue weighted by Crippen LogP contribution is -1.40. The van der Waals surface area contributed by atoms with Crippen molar-refractivity contribution in [1.82, 2.24) is 0 Å². The first-order valence-corrected chi connectivity index (χ1v) is 3.42. The summed E-state index contributed by atoms with van der Waals surface area (Å²) in [4.78, 5) is 0. The molecule has 0 N–H and O–H groups in total. The summed E-state index contributed by atoms with van der Waals surface area (Å²) >= 11 is 0. The largest absolute Gasteiger partial charge is 0.0762 e. The summed E-state index contributed by atoms with van der Waals surface area (Å²) < 4.78 is 0. The van der Waals surface area contributed by atoms with Crippen LogP contribution in [0.25, 0.3) is 0 Å². The molecule has 2 rings (SSSR count). The Morgan fingerprint density at radius 1 is 1.43 bits per heavy atom. The molecule has 34 valence electrons. The SMILES string of the molecule is c1cc2c(cp1)C2. The minimum absolute atomic E-state index is 1.27. The van der Waals surface area contributed by atoms with Gasteiger partial charge in [-0.25, -0.2) is 0 Å². The monoisotopic (exact) mass is 108 g/mol. The normalized spacial score (nSPS) is 14.3. The standard InChI is InChI=1S/C6H5P/c1-2-7-4-6-3-5(1)6/h1-2,4H,3H2. The molecule has 0 aliphatic heterocycles. The van der Waals surface area contributed by atoms with Gasteiger partial charge in [0.05, 0.1) is 0 Å². The van der Waals surface area contributed by atoms with E-state index in [0.29, 0.717) is 0 Å². The number of fused-ring (bicyclic) bond motifs is 1. The molecule has 0 radical (unpaired) electrons. The zero-order valence-corrected chi connectivity index (χ0v) is 4.78. The van der Waals surface area contributed by atoms with Crippen LogP contribution in [0.1, 0.15) is 11.1 Å². The predicted molar refractivity (Wildman–Crippen MR) is 31.8 cm³/mol. The van der Waals surface area contributed by atoms with E-state index in [1.165, 1.54) is 14.6 Å². The van der Waals surface area contributed by atoms with Crippen molar-refractivity contribution < 1.29 is 0 Å². The van der Waals surface area contributed by atoms with Crippen LogP contribution in [0.3, 0.4) is 0 Å². The second-order valence-corrected chi connectivity index (χ2v) is 2.68. The molecule has 0 atom stereocenters. The Hall–Kier alpha value is -0.350. The molecule has 0 saturated heterocycles. The van der Waals surface area contributed by atoms with E-state index in [4.69, 9.17) is 0 Å². The highest BCUT2D eigenvalue weighted by Gasteiger charge is 2.12. The molecule has 0 bridgehead atoms. The Bertz CT molecular complexity index is 172. The molecule has 0 nitrogen and oxygen atoms in total. The molecule has 1 aliphatic rings. The van der Waals surface area contributed by atoms with Gasteiger partial charge < -0.3 is 0 Å². The summed E-state index contributed by atoms with van der Waals surface area (Å²) in [6.07, 6.45) is 1.27. The Labute approximate surface area is 44.3 Å². The fraction of sp³-hybridized carbons (Fsp3) is 0.167. The zero-order chi connectivity index (χ0) is 4.69. The van der Waals surface area contributed by atoms with Crippen molar-refractivity contribution in [2.45, 2.75) is 6.42 Å². The van der Waals surface area contributed by atoms with Crippen LogP contribution in [0.15, 0.2) is 17.7 Å². The van der Waals surface area contributed by atoms with Crippen LogP contribution in [-0.4, -0.2) is 0 Å². The van der Waals surface area contributed by atoms with Crippen molar-refractivity contribution in [2.24, 2.45) is 0 Å². The van der Waals surface area contributed by atoms with E-state index in [1.807, 2.05) is 0 Å². The van der Waals surface area contributed by atoms with Crippen LogP contribution >= 0.6 is 8.19 Å². The molecule has 0 saturated carbocycles. The summed E-state index contributed by atoms with van der Waals surface area (Å²) in [6, 6.07) is 2.22. The molecule has 0 fully saturated rings. The van der Waals surface area contributed by atoms with E-state index in [0.717, 1.165) is 0 Å². The van der Waals surface area contributed by atoms with E-state index in [9.17, 15) is 0 Å². The van der Waals surface area contributed by atoms with Crippen LogP contribution in [0.4, 0.5) is 0 Å². The van der Waals surface area contributed by atoms with Crippen LogP contribution < -0.4 is 0 Å². The molecule has 0 amide bonds. The third-order valence-corrected chi connectivity index (χ3v) is 2.04. The van der Waals surface area contributed by atoms with Gasteiger partial charge in [-0.05, 0) is 29.1 Å². The van der Waals surface area contributed by atoms with Gasteiger partial charge in [0, 0.05) is 0 Å². The zero-order valence-electron chi connectivity index (χ0n) is 3.89. The second-order valence-electron chi connectivity index (χ2n) is 1.82. The van der Waals surface area contributed by atoms with Gasteiger partial charge in [-0.15, -0.1) is 0 Å². The van der Waals surface area contributed by atoms with Gasteiger partial charge in [-0.1, -0.05) is 14.3 Å². The van der Waals surface area contributed by atoms with Gasteiger partial charge in [0.25, 0.3) is 0 Å². The average molecular weight is 108 g/mol. The summed E-state index contributed by atoms with van der Waals surface area (Å²) in [5.41, 5.74) is 3.13. The Balaban J connectivity index is 2.73. The van der Waals surface area contributed by atoms with E-state index < -0.39 is 0 Å². The molecule has 1 heteroatoms. The summed E-state index contributed by atoms with van der Waals surface area (Å²) in [7, 11) is 1.37. The molecule has 0 aromatic carbocycles. The highest BCUT2D eigenvalue weighted by Crippen LogP contribution is 2.29. The smallest absolute Gasteiger partial charge is 0.00164 e. The first-order valence-electron chi connectivity index (χ1n) is 2.38. The molecule has 7 heavy (non-hydrogen) atoms. The molecule has 0 unspecified atom stereocenters. The third-order valence-electron chi connectivity index (χ3n) is 1.26. The summed E-state index contributed by atoms with van der Waals surface area (Å²) in [5.74, 6) is 4.46. The van der Waals surface area contributed by atoms with Gasteiger partial charge in [0.15, 0.2) is 0 Å². The van der Waals surface area contributed by atoms with E-state index in [-0.39, 0.29) is 0 Å². The van der Waals surface area contributed by atoms with Crippen molar-refractivity contribution in [3.8, 4) is 0 Å². The third kappa shape index (κ3) is 0.470. The van der Waals surface area contributed by atoms with Gasteiger partial charge in [0.1, 0.15) is 0 Å². The quantitative estimate of drug-likeness (QED) is 0.485. The number of rotatable bonds is 0. The molecular formula is C6H5P. The molecule has 1 aromatic heterocycles. The number of hydrogen-bond acceptors (Lipinski definition) is 0. The second kappa shape index (κ2) is 1.08. The Morgan fingerprint density at radius 2 is 2.43 bits per heavy atom.